The summed E-state index contributed by atoms with van der Waals surface area (Å²) >= 11 is 3.42. The van der Waals surface area contributed by atoms with Crippen LogP contribution in [0.25, 0.3) is 0 Å². The highest BCUT2D eigenvalue weighted by Gasteiger charge is 2.23. The second kappa shape index (κ2) is 7.40. The van der Waals surface area contributed by atoms with Crippen molar-refractivity contribution in [3.05, 3.63) is 34.1 Å². The van der Waals surface area contributed by atoms with E-state index in [0.717, 1.165) is 36.2 Å². The third-order valence-corrected chi connectivity index (χ3v) is 3.80. The van der Waals surface area contributed by atoms with Crippen molar-refractivity contribution in [1.29, 1.82) is 0 Å². The SMILES string of the molecule is Cl.OC[C@@H](c1cc(F)ccc1Br)N1CCNCC1. The van der Waals surface area contributed by atoms with Gasteiger partial charge in [0, 0.05) is 30.7 Å². The molecule has 0 saturated carbocycles. The zero-order chi connectivity index (χ0) is 12.3. The molecule has 1 fully saturated rings. The average Bonchev–Trinajstić information content (AvgIpc) is 2.36. The molecule has 1 aromatic carbocycles. The van der Waals surface area contributed by atoms with Crippen molar-refractivity contribution in [2.24, 2.45) is 0 Å². The van der Waals surface area contributed by atoms with Crippen molar-refractivity contribution >= 4 is 28.3 Å². The van der Waals surface area contributed by atoms with Gasteiger partial charge in [-0.25, -0.2) is 4.39 Å². The molecule has 2 N–H and O–H groups in total. The van der Waals surface area contributed by atoms with Crippen molar-refractivity contribution in [1.82, 2.24) is 10.2 Å². The summed E-state index contributed by atoms with van der Waals surface area (Å²) in [5, 5.41) is 12.8. The van der Waals surface area contributed by atoms with Crippen molar-refractivity contribution in [3.63, 3.8) is 0 Å². The van der Waals surface area contributed by atoms with Gasteiger partial charge >= 0.3 is 0 Å². The lowest BCUT2D eigenvalue weighted by atomic mass is 10.1. The lowest BCUT2D eigenvalue weighted by Gasteiger charge is -2.34. The maximum absolute atomic E-state index is 13.3. The first-order valence-corrected chi connectivity index (χ1v) is 6.52. The van der Waals surface area contributed by atoms with E-state index in [1.807, 2.05) is 0 Å². The smallest absolute Gasteiger partial charge is 0.123 e. The predicted octanol–water partition coefficient (Wildman–Crippen LogP) is 1.95. The Morgan fingerprint density at radius 3 is 2.67 bits per heavy atom. The van der Waals surface area contributed by atoms with Crippen molar-refractivity contribution < 1.29 is 9.50 Å². The Balaban J connectivity index is 0.00000162. The lowest BCUT2D eigenvalue weighted by Crippen LogP contribution is -2.46. The molecular weight excluding hydrogens is 323 g/mol. The van der Waals surface area contributed by atoms with Gasteiger partial charge in [0.25, 0.3) is 0 Å². The maximum atomic E-state index is 13.3. The molecule has 1 aliphatic heterocycles. The lowest BCUT2D eigenvalue weighted by molar-refractivity contribution is 0.110. The molecule has 0 aliphatic carbocycles. The summed E-state index contributed by atoms with van der Waals surface area (Å²) in [6.07, 6.45) is 0. The van der Waals surface area contributed by atoms with Crippen LogP contribution in [0.3, 0.4) is 0 Å². The van der Waals surface area contributed by atoms with Crippen LogP contribution in [0.15, 0.2) is 22.7 Å². The Morgan fingerprint density at radius 2 is 2.06 bits per heavy atom. The molecule has 1 atom stereocenters. The zero-order valence-electron chi connectivity index (χ0n) is 9.90. The summed E-state index contributed by atoms with van der Waals surface area (Å²) in [4.78, 5) is 2.18. The number of hydrogen-bond donors (Lipinski definition) is 2. The van der Waals surface area contributed by atoms with Gasteiger partial charge in [-0.3, -0.25) is 4.90 Å². The van der Waals surface area contributed by atoms with Crippen molar-refractivity contribution in [2.75, 3.05) is 32.8 Å². The molecule has 2 rings (SSSR count). The molecule has 0 unspecified atom stereocenters. The predicted molar refractivity (Wildman–Crippen MR) is 75.6 cm³/mol. The molecule has 0 bridgehead atoms. The molecule has 3 nitrogen and oxygen atoms in total. The van der Waals surface area contributed by atoms with E-state index in [1.54, 1.807) is 6.07 Å². The van der Waals surface area contributed by atoms with Crippen LogP contribution in [0.2, 0.25) is 0 Å². The van der Waals surface area contributed by atoms with Gasteiger partial charge in [0.2, 0.25) is 0 Å². The molecule has 1 aromatic rings. The van der Waals surface area contributed by atoms with Gasteiger partial charge in [-0.2, -0.15) is 0 Å². The number of benzene rings is 1. The average molecular weight is 340 g/mol. The first-order chi connectivity index (χ1) is 8.22. The van der Waals surface area contributed by atoms with Gasteiger partial charge in [-0.1, -0.05) is 15.9 Å². The minimum Gasteiger partial charge on any atom is -0.394 e. The number of piperazine rings is 1. The van der Waals surface area contributed by atoms with Crippen LogP contribution in [0.5, 0.6) is 0 Å². The summed E-state index contributed by atoms with van der Waals surface area (Å²) in [7, 11) is 0. The maximum Gasteiger partial charge on any atom is 0.123 e. The Labute approximate surface area is 121 Å². The quantitative estimate of drug-likeness (QED) is 0.883. The van der Waals surface area contributed by atoms with E-state index >= 15 is 0 Å². The van der Waals surface area contributed by atoms with E-state index in [1.165, 1.54) is 12.1 Å². The van der Waals surface area contributed by atoms with E-state index in [4.69, 9.17) is 0 Å². The first-order valence-electron chi connectivity index (χ1n) is 5.73. The third-order valence-electron chi connectivity index (χ3n) is 3.08. The number of rotatable bonds is 3. The van der Waals surface area contributed by atoms with Crippen LogP contribution in [0.4, 0.5) is 4.39 Å². The molecule has 0 aromatic heterocycles. The standard InChI is InChI=1S/C12H16BrFN2O.ClH/c13-11-2-1-9(14)7-10(11)12(8-17)16-5-3-15-4-6-16;/h1-2,7,12,15,17H,3-6,8H2;1H/t12-;/m0./s1. The molecule has 0 radical (unpaired) electrons. The number of nitrogens with zero attached hydrogens (tertiary/aromatic N) is 1. The van der Waals surface area contributed by atoms with Crippen LogP contribution < -0.4 is 5.32 Å². The molecule has 1 heterocycles. The minimum absolute atomic E-state index is 0. The highest BCUT2D eigenvalue weighted by Crippen LogP contribution is 2.28. The number of halogens is 3. The minimum atomic E-state index is -0.267. The summed E-state index contributed by atoms with van der Waals surface area (Å²) < 4.78 is 14.1. The fourth-order valence-electron chi connectivity index (χ4n) is 2.17. The summed E-state index contributed by atoms with van der Waals surface area (Å²) in [5.41, 5.74) is 0.814. The van der Waals surface area contributed by atoms with Crippen LogP contribution in [-0.2, 0) is 0 Å². The Bertz CT molecular complexity index is 388. The first kappa shape index (κ1) is 15.9. The third kappa shape index (κ3) is 3.65. The van der Waals surface area contributed by atoms with E-state index in [9.17, 15) is 9.50 Å². The molecule has 1 saturated heterocycles. The number of aliphatic hydroxyl groups is 1. The molecule has 18 heavy (non-hydrogen) atoms. The van der Waals surface area contributed by atoms with E-state index in [2.05, 4.69) is 26.1 Å². The number of hydrogen-bond acceptors (Lipinski definition) is 3. The zero-order valence-corrected chi connectivity index (χ0v) is 12.3. The summed E-state index contributed by atoms with van der Waals surface area (Å²) in [6.45, 7) is 3.55. The fourth-order valence-corrected chi connectivity index (χ4v) is 2.69. The van der Waals surface area contributed by atoms with Gasteiger partial charge in [-0.05, 0) is 23.8 Å². The molecular formula is C12H17BrClFN2O. The van der Waals surface area contributed by atoms with Crippen LogP contribution in [0, 0.1) is 5.82 Å². The molecule has 102 valence electrons. The van der Waals surface area contributed by atoms with Gasteiger partial charge in [0.15, 0.2) is 0 Å². The summed E-state index contributed by atoms with van der Waals surface area (Å²) in [6, 6.07) is 4.46. The van der Waals surface area contributed by atoms with Crippen molar-refractivity contribution in [3.8, 4) is 0 Å². The second-order valence-electron chi connectivity index (χ2n) is 4.15. The number of aliphatic hydroxyl groups excluding tert-OH is 1. The highest BCUT2D eigenvalue weighted by molar-refractivity contribution is 9.10. The van der Waals surface area contributed by atoms with Crippen molar-refractivity contribution in [2.45, 2.75) is 6.04 Å². The van der Waals surface area contributed by atoms with Gasteiger partial charge in [0.05, 0.1) is 12.6 Å². The monoisotopic (exact) mass is 338 g/mol. The van der Waals surface area contributed by atoms with Gasteiger partial charge in [0.1, 0.15) is 5.82 Å². The van der Waals surface area contributed by atoms with E-state index in [-0.39, 0.29) is 30.9 Å². The number of nitrogens with one attached hydrogen (secondary N) is 1. The van der Waals surface area contributed by atoms with Gasteiger partial charge < -0.3 is 10.4 Å². The normalized spacial score (nSPS) is 18.2. The Morgan fingerprint density at radius 1 is 1.39 bits per heavy atom. The topological polar surface area (TPSA) is 35.5 Å². The van der Waals surface area contributed by atoms with Gasteiger partial charge in [-0.15, -0.1) is 12.4 Å². The molecule has 6 heteroatoms. The largest absolute Gasteiger partial charge is 0.394 e. The fraction of sp³-hybridized carbons (Fsp3) is 0.500. The van der Waals surface area contributed by atoms with E-state index in [0.29, 0.717) is 0 Å². The Hall–Kier alpha value is -0.200. The second-order valence-corrected chi connectivity index (χ2v) is 5.00. The molecule has 0 spiro atoms. The van der Waals surface area contributed by atoms with Crippen LogP contribution >= 0.6 is 28.3 Å². The Kier molecular flexibility index (Phi) is 6.52. The van der Waals surface area contributed by atoms with Crippen LogP contribution in [-0.4, -0.2) is 42.8 Å². The van der Waals surface area contributed by atoms with E-state index < -0.39 is 0 Å². The highest BCUT2D eigenvalue weighted by atomic mass is 79.9. The van der Waals surface area contributed by atoms with Crippen LogP contribution in [0.1, 0.15) is 11.6 Å². The molecule has 0 amide bonds. The summed E-state index contributed by atoms with van der Waals surface area (Å²) in [5.74, 6) is -0.267. The molecule has 1 aliphatic rings.